The molecule has 0 aliphatic rings. The molecule has 0 heterocycles. The maximum atomic E-state index is 10.8. The van der Waals surface area contributed by atoms with Gasteiger partial charge in [0.25, 0.3) is 0 Å². The van der Waals surface area contributed by atoms with E-state index >= 15 is 0 Å². The zero-order valence-corrected chi connectivity index (χ0v) is 76.8. The minimum Gasteiger partial charge on any atom is -0.469 e. The molecule has 0 saturated carbocycles. The second kappa shape index (κ2) is 156. The van der Waals surface area contributed by atoms with E-state index in [1.54, 1.807) is 131 Å². The summed E-state index contributed by atoms with van der Waals surface area (Å²) in [6.45, 7) is 47.6. The zero-order chi connectivity index (χ0) is 97.5. The van der Waals surface area contributed by atoms with Crippen LogP contribution in [-0.2, 0) is 92.4 Å². The molecule has 118 heavy (non-hydrogen) atoms. The fourth-order valence-electron chi connectivity index (χ4n) is 3.43. The Hall–Kier alpha value is -8.72. The molecule has 0 spiro atoms. The molecule has 0 fully saturated rings. The molecule has 2 atom stereocenters. The number of ketones is 3. The van der Waals surface area contributed by atoms with E-state index in [9.17, 15) is 52.7 Å². The first kappa shape index (κ1) is 157. The summed E-state index contributed by atoms with van der Waals surface area (Å²) in [5.41, 5.74) is 1.55. The summed E-state index contributed by atoms with van der Waals surface area (Å²) in [4.78, 5) is 115. The number of aliphatic imine (C=N–C) groups is 1. The van der Waals surface area contributed by atoms with Crippen molar-refractivity contribution >= 4 is 71.3 Å². The molecule has 34 nitrogen and oxygen atoms in total. The van der Waals surface area contributed by atoms with E-state index in [1.807, 2.05) is 63.2 Å². The predicted octanol–water partition coefficient (Wildman–Crippen LogP) is 9.62. The van der Waals surface area contributed by atoms with E-state index < -0.39 is 30.1 Å². The number of allylic oxidation sites excluding steroid dienone is 4. The van der Waals surface area contributed by atoms with Crippen LogP contribution in [0.15, 0.2) is 115 Å². The predicted molar refractivity (Wildman–Crippen MR) is 477 cm³/mol. The Kier molecular flexibility index (Phi) is 208. The SMILES string of the molecule is C/C=C/C(C)=O.C/C=C/C(C)O.C=CCC(C)=O.C=CCC(C)O.CC(=O)OCC(COC(C)=O)OC(C)=O.CC(=O)OCCOC(C)=O.CC(C)=O.CC(C)O.CC=NC.CCCC.CCO.CCO.CCO.CCO.CCO.COC(=O)c1ccccc1.COC(C)=O.COC(C)=O.OCC(O)CO.OCCO.OCc1ccccc1.[HH].[HH].[HH].[HH].[HH].[HH]. The quantitative estimate of drug-likeness (QED) is 0.0146. The van der Waals surface area contributed by atoms with Gasteiger partial charge in [0.05, 0.1) is 72.1 Å². The number of methoxy groups -OCH3 is 3. The molecular weight excluding hydrogens is 1550 g/mol. The van der Waals surface area contributed by atoms with Crippen LogP contribution in [0.3, 0.4) is 0 Å². The number of hydrogen-bond acceptors (Lipinski definition) is 34. The monoisotopic (exact) mass is 1730 g/mol. The Morgan fingerprint density at radius 1 is 0.466 bits per heavy atom. The van der Waals surface area contributed by atoms with Crippen molar-refractivity contribution in [1.82, 2.24) is 0 Å². The van der Waals surface area contributed by atoms with Gasteiger partial charge in [-0.1, -0.05) is 106 Å². The van der Waals surface area contributed by atoms with Gasteiger partial charge in [-0.25, -0.2) is 4.79 Å². The van der Waals surface area contributed by atoms with Crippen molar-refractivity contribution in [2.45, 2.75) is 236 Å². The van der Waals surface area contributed by atoms with E-state index in [-0.39, 0.29) is 167 Å². The van der Waals surface area contributed by atoms with Crippen LogP contribution in [0.1, 0.15) is 223 Å². The van der Waals surface area contributed by atoms with E-state index in [0.717, 1.165) is 5.56 Å². The lowest BCUT2D eigenvalue weighted by Gasteiger charge is -2.15. The van der Waals surface area contributed by atoms with Gasteiger partial charge in [0.2, 0.25) is 0 Å². The molecule has 2 aromatic carbocycles. The maximum absolute atomic E-state index is 10.8. The van der Waals surface area contributed by atoms with Crippen LogP contribution >= 0.6 is 0 Å². The van der Waals surface area contributed by atoms with Crippen molar-refractivity contribution < 1.29 is 171 Å². The highest BCUT2D eigenvalue weighted by molar-refractivity contribution is 5.89. The maximum Gasteiger partial charge on any atom is 0.337 e. The van der Waals surface area contributed by atoms with Gasteiger partial charge in [-0.15, -0.1) is 13.2 Å². The number of aliphatic hydroxyl groups excluding tert-OH is 14. The molecule has 0 radical (unpaired) electrons. The summed E-state index contributed by atoms with van der Waals surface area (Å²) in [6.07, 6.45) is 13.3. The number of carbonyl (C=O) groups excluding carboxylic acids is 11. The van der Waals surface area contributed by atoms with Gasteiger partial charge in [-0.2, -0.15) is 0 Å². The minimum absolute atomic E-state index is 0. The molecule has 0 saturated heterocycles. The second-order valence-electron chi connectivity index (χ2n) is 20.9. The van der Waals surface area contributed by atoms with Crippen molar-refractivity contribution in [3.8, 4) is 0 Å². The van der Waals surface area contributed by atoms with Crippen molar-refractivity contribution in [3.63, 3.8) is 0 Å². The summed E-state index contributed by atoms with van der Waals surface area (Å²) in [7, 11) is 5.82. The van der Waals surface area contributed by atoms with Crippen LogP contribution in [-0.4, -0.2) is 288 Å². The van der Waals surface area contributed by atoms with Gasteiger partial charge in [0.1, 0.15) is 44.1 Å². The summed E-state index contributed by atoms with van der Waals surface area (Å²) < 4.78 is 35.7. The van der Waals surface area contributed by atoms with Gasteiger partial charge in [0.15, 0.2) is 11.9 Å². The van der Waals surface area contributed by atoms with Crippen molar-refractivity contribution in [1.29, 1.82) is 0 Å². The number of esters is 8. The highest BCUT2D eigenvalue weighted by Gasteiger charge is 2.15. The third kappa shape index (κ3) is 345. The van der Waals surface area contributed by atoms with Crippen molar-refractivity contribution in [2.75, 3.05) is 114 Å². The molecule has 0 aliphatic carbocycles. The van der Waals surface area contributed by atoms with Crippen LogP contribution in [0.25, 0.3) is 0 Å². The largest absolute Gasteiger partial charge is 0.469 e. The second-order valence-corrected chi connectivity index (χ2v) is 20.9. The van der Waals surface area contributed by atoms with E-state index in [1.165, 1.54) is 109 Å². The molecule has 2 rings (SSSR count). The van der Waals surface area contributed by atoms with Crippen LogP contribution < -0.4 is 0 Å². The first-order valence-electron chi connectivity index (χ1n) is 37.1. The number of Topliss-reactive ketones (excluding diaryl/α,β-unsaturated/α-hetero) is 2. The highest BCUT2D eigenvalue weighted by Crippen LogP contribution is 2.00. The number of ether oxygens (including phenoxy) is 8. The van der Waals surface area contributed by atoms with E-state index in [2.05, 4.69) is 65.2 Å². The minimum atomic E-state index is -0.954. The summed E-state index contributed by atoms with van der Waals surface area (Å²) in [6, 6.07) is 18.4. The Balaban J connectivity index is -0.0000000366. The summed E-state index contributed by atoms with van der Waals surface area (Å²) in [5, 5.41) is 111. The van der Waals surface area contributed by atoms with Gasteiger partial charge in [-0.05, 0) is 147 Å². The first-order valence-corrected chi connectivity index (χ1v) is 37.1. The Morgan fingerprint density at radius 3 is 0.873 bits per heavy atom. The lowest BCUT2D eigenvalue weighted by Crippen LogP contribution is -2.29. The average molecular weight is 1730 g/mol. The molecule has 2 unspecified atom stereocenters. The Bertz CT molecular complexity index is 2380. The van der Waals surface area contributed by atoms with Gasteiger partial charge in [-0.3, -0.25) is 43.2 Å². The third-order valence-corrected chi connectivity index (χ3v) is 7.86. The summed E-state index contributed by atoms with van der Waals surface area (Å²) in [5.74, 6) is -2.58. The van der Waals surface area contributed by atoms with E-state index in [4.69, 9.17) is 76.2 Å². The van der Waals surface area contributed by atoms with Gasteiger partial charge >= 0.3 is 47.8 Å². The summed E-state index contributed by atoms with van der Waals surface area (Å²) >= 11 is 0. The van der Waals surface area contributed by atoms with Crippen LogP contribution in [0.2, 0.25) is 0 Å². The first-order chi connectivity index (χ1) is 55.0. The molecular formula is C84H175NO33. The highest BCUT2D eigenvalue weighted by atomic mass is 16.6. The third-order valence-electron chi connectivity index (χ3n) is 7.86. The number of hydrogen-bond donors (Lipinski definition) is 14. The standard InChI is InChI=1S/C9H14O6.C8H8O2.C7H8O.C6H10O4.2C5H10O.2C5H8O.C4H10.C3H7N.C3H8O3.2C3H6O2.C3H8O.C3H6O.C2H6O2.5C2H6O.6H2/c1-6(10)13-4-9(15-8(3)12)5-14-7(2)11;1-10-8(9)7-5-3-2-4-6-7;8-6-7-4-2-1-3-5-7;1-5(7)9-3-4-10-6(2)8;4*1-3-4-5(2)6;2*1-3-4-2;4-1-3(6)2-5;2*1-3(4)5-2;2*1-3(2)4;3-1-2-4;5*1-2-3;;;;;;/h9H,4-5H2,1-3H3;2-6H,1H3;1-5,8H,6H2;3-4H2,1-2H3;3-6H,1-2H3;3,5-6H,1,4H2,2H3;3-4H,1-2H3;3H,1,4H2,2H3;3-4H2,1-2H3;3H,1-2H3;3-6H,1-2H2;2*1-2H3;3-4H,1-2H3;1-2H3;3-4H,1-2H2;5*3H,2H2,1H3;6*1H/b;;;;4-3+;;4-3+;;;;;;;;;;;;;;;;;;;;. The van der Waals surface area contributed by atoms with Gasteiger partial charge < -0.3 is 119 Å². The molecule has 714 valence electrons. The zero-order valence-electron chi connectivity index (χ0n) is 76.8. The number of rotatable bonds is 20. The topological polar surface area (TPSA) is 557 Å². The normalized spacial score (nSPS) is 8.90. The molecule has 0 amide bonds. The Morgan fingerprint density at radius 2 is 0.763 bits per heavy atom. The van der Waals surface area contributed by atoms with Gasteiger partial charge in [0, 0.05) is 110 Å². The number of benzene rings is 2. The molecule has 14 N–H and O–H groups in total. The number of nitrogens with zero attached hydrogens (tertiary/aromatic N) is 1. The molecule has 2 aromatic rings. The fourth-order valence-corrected chi connectivity index (χ4v) is 3.43. The van der Waals surface area contributed by atoms with Crippen LogP contribution in [0, 0.1) is 0 Å². The molecule has 34 heteroatoms. The number of aliphatic hydroxyl groups is 14. The molecule has 0 aliphatic heterocycles. The van der Waals surface area contributed by atoms with E-state index in [0.29, 0.717) is 18.4 Å². The molecule has 0 aromatic heterocycles. The van der Waals surface area contributed by atoms with Crippen molar-refractivity contribution in [3.05, 3.63) is 121 Å². The average Bonchev–Trinajstić information content (AvgIpc) is 0.926. The number of carbonyl (C=O) groups is 11. The Labute approximate surface area is 716 Å². The lowest BCUT2D eigenvalue weighted by molar-refractivity contribution is -0.163. The molecule has 0 bridgehead atoms. The van der Waals surface area contributed by atoms with Crippen LogP contribution in [0.4, 0.5) is 0 Å². The van der Waals surface area contributed by atoms with Crippen molar-refractivity contribution in [2.24, 2.45) is 4.99 Å². The lowest BCUT2D eigenvalue weighted by atomic mass is 10.2. The smallest absolute Gasteiger partial charge is 0.337 e. The number of unbranched alkanes of at least 4 members (excludes halogenated alkanes) is 1. The fraction of sp³-hybridized carbons (Fsp3) is 0.619. The van der Waals surface area contributed by atoms with Crippen LogP contribution in [0.5, 0.6) is 0 Å².